The second-order valence-corrected chi connectivity index (χ2v) is 6.71. The van der Waals surface area contributed by atoms with Gasteiger partial charge in [-0.05, 0) is 24.3 Å². The first-order valence-electron chi connectivity index (χ1n) is 9.29. The molecular formula is C22H15F3N4O3. The van der Waals surface area contributed by atoms with Crippen molar-refractivity contribution in [2.24, 2.45) is 0 Å². The fraction of sp³-hybridized carbons (Fsp3) is 0.0909. The van der Waals surface area contributed by atoms with Crippen LogP contribution in [0.1, 0.15) is 26.4 Å². The molecule has 0 bridgehead atoms. The molecule has 2 aromatic carbocycles. The van der Waals surface area contributed by atoms with Crippen LogP contribution >= 0.6 is 0 Å². The molecule has 0 atom stereocenters. The van der Waals surface area contributed by atoms with Gasteiger partial charge in [0.05, 0.1) is 18.4 Å². The summed E-state index contributed by atoms with van der Waals surface area (Å²) in [4.78, 5) is 28.3. The number of benzene rings is 2. The van der Waals surface area contributed by atoms with Crippen LogP contribution in [0.25, 0.3) is 16.9 Å². The quantitative estimate of drug-likeness (QED) is 0.474. The summed E-state index contributed by atoms with van der Waals surface area (Å²) in [6, 6.07) is 16.6. The van der Waals surface area contributed by atoms with Crippen LogP contribution in [0.3, 0.4) is 0 Å². The zero-order valence-electron chi connectivity index (χ0n) is 16.6. The summed E-state index contributed by atoms with van der Waals surface area (Å²) >= 11 is 0. The maximum atomic E-state index is 13.2. The van der Waals surface area contributed by atoms with Crippen LogP contribution in [0.5, 0.6) is 0 Å². The molecule has 0 aliphatic heterocycles. The monoisotopic (exact) mass is 440 g/mol. The molecule has 1 N–H and O–H groups in total. The average molecular weight is 440 g/mol. The molecule has 0 saturated heterocycles. The van der Waals surface area contributed by atoms with E-state index in [0.717, 1.165) is 10.6 Å². The Hall–Kier alpha value is -4.21. The summed E-state index contributed by atoms with van der Waals surface area (Å²) in [5.74, 6) is -1.04. The van der Waals surface area contributed by atoms with Crippen molar-refractivity contribution in [3.8, 4) is 11.3 Å². The van der Waals surface area contributed by atoms with E-state index < -0.39 is 23.7 Å². The first-order valence-corrected chi connectivity index (χ1v) is 9.29. The van der Waals surface area contributed by atoms with Crippen LogP contribution < -0.4 is 5.32 Å². The second kappa shape index (κ2) is 8.14. The highest BCUT2D eigenvalue weighted by Gasteiger charge is 2.34. The number of amides is 1. The average Bonchev–Trinajstić information content (AvgIpc) is 3.23. The Morgan fingerprint density at radius 2 is 1.62 bits per heavy atom. The molecule has 1 amide bonds. The van der Waals surface area contributed by atoms with Crippen LogP contribution in [0, 0.1) is 0 Å². The molecule has 4 aromatic rings. The summed E-state index contributed by atoms with van der Waals surface area (Å²) < 4.78 is 45.3. The van der Waals surface area contributed by atoms with Gasteiger partial charge in [0.1, 0.15) is 5.82 Å². The smallest absolute Gasteiger partial charge is 0.435 e. The van der Waals surface area contributed by atoms with E-state index in [1.54, 1.807) is 30.3 Å². The van der Waals surface area contributed by atoms with Gasteiger partial charge in [-0.2, -0.15) is 18.3 Å². The van der Waals surface area contributed by atoms with Gasteiger partial charge >= 0.3 is 12.1 Å². The Balaban J connectivity index is 1.72. The Labute approximate surface area is 179 Å². The molecule has 0 saturated carbocycles. The topological polar surface area (TPSA) is 85.6 Å². The van der Waals surface area contributed by atoms with E-state index in [0.29, 0.717) is 11.3 Å². The largest absolute Gasteiger partial charge is 0.465 e. The molecule has 32 heavy (non-hydrogen) atoms. The van der Waals surface area contributed by atoms with Crippen molar-refractivity contribution in [2.45, 2.75) is 6.18 Å². The van der Waals surface area contributed by atoms with Gasteiger partial charge in [-0.3, -0.25) is 4.79 Å². The lowest BCUT2D eigenvalue weighted by molar-refractivity contribution is -0.141. The summed E-state index contributed by atoms with van der Waals surface area (Å²) in [6.07, 6.45) is -4.65. The minimum absolute atomic E-state index is 0.0482. The van der Waals surface area contributed by atoms with Gasteiger partial charge in [0.15, 0.2) is 11.3 Å². The maximum Gasteiger partial charge on any atom is 0.435 e. The fourth-order valence-corrected chi connectivity index (χ4v) is 3.06. The van der Waals surface area contributed by atoms with E-state index in [1.165, 1.54) is 37.4 Å². The molecule has 7 nitrogen and oxygen atoms in total. The number of ether oxygens (including phenoxy) is 1. The number of nitrogens with zero attached hydrogens (tertiary/aromatic N) is 3. The second-order valence-electron chi connectivity index (χ2n) is 6.71. The zero-order chi connectivity index (χ0) is 22.9. The maximum absolute atomic E-state index is 13.2. The van der Waals surface area contributed by atoms with Crippen LogP contribution in [-0.2, 0) is 10.9 Å². The first-order chi connectivity index (χ1) is 15.3. The highest BCUT2D eigenvalue weighted by Crippen LogP contribution is 2.31. The Morgan fingerprint density at radius 3 is 2.25 bits per heavy atom. The Kier molecular flexibility index (Phi) is 5.35. The number of hydrogen-bond acceptors (Lipinski definition) is 5. The molecule has 0 radical (unpaired) electrons. The lowest BCUT2D eigenvalue weighted by Gasteiger charge is -2.10. The summed E-state index contributed by atoms with van der Waals surface area (Å²) in [5.41, 5.74) is 0.246. The van der Waals surface area contributed by atoms with E-state index in [2.05, 4.69) is 20.1 Å². The van der Waals surface area contributed by atoms with Gasteiger partial charge in [0, 0.05) is 23.3 Å². The number of carbonyl (C=O) groups is 2. The lowest BCUT2D eigenvalue weighted by atomic mass is 10.1. The van der Waals surface area contributed by atoms with Crippen LogP contribution in [0.4, 0.5) is 19.0 Å². The Bertz CT molecular complexity index is 1300. The summed E-state index contributed by atoms with van der Waals surface area (Å²) in [7, 11) is 1.25. The number of carbonyl (C=O) groups excluding carboxylic acids is 2. The van der Waals surface area contributed by atoms with Crippen molar-refractivity contribution in [2.75, 3.05) is 12.4 Å². The number of halogens is 3. The van der Waals surface area contributed by atoms with Crippen molar-refractivity contribution in [1.82, 2.24) is 14.6 Å². The van der Waals surface area contributed by atoms with Crippen LogP contribution in [-0.4, -0.2) is 33.6 Å². The fourth-order valence-electron chi connectivity index (χ4n) is 3.06. The van der Waals surface area contributed by atoms with Crippen LogP contribution in [0.2, 0.25) is 0 Å². The van der Waals surface area contributed by atoms with Crippen molar-refractivity contribution in [3.05, 3.63) is 83.6 Å². The molecular weight excluding hydrogens is 425 g/mol. The molecule has 0 aliphatic carbocycles. The third-order valence-corrected chi connectivity index (χ3v) is 4.60. The van der Waals surface area contributed by atoms with Gasteiger partial charge in [-0.25, -0.2) is 14.3 Å². The third-order valence-electron chi connectivity index (χ3n) is 4.60. The van der Waals surface area contributed by atoms with Crippen molar-refractivity contribution >= 4 is 23.3 Å². The van der Waals surface area contributed by atoms with Gasteiger partial charge in [0.25, 0.3) is 5.91 Å². The number of esters is 1. The third kappa shape index (κ3) is 4.15. The van der Waals surface area contributed by atoms with Gasteiger partial charge in [-0.15, -0.1) is 0 Å². The molecule has 0 aliphatic rings. The van der Waals surface area contributed by atoms with E-state index in [4.69, 9.17) is 0 Å². The molecule has 0 unspecified atom stereocenters. The number of alkyl halides is 3. The number of methoxy groups -OCH3 is 1. The minimum Gasteiger partial charge on any atom is -0.465 e. The minimum atomic E-state index is -4.65. The predicted molar refractivity (Wildman–Crippen MR) is 109 cm³/mol. The highest BCUT2D eigenvalue weighted by molar-refractivity contribution is 6.04. The van der Waals surface area contributed by atoms with Crippen molar-refractivity contribution in [3.63, 3.8) is 0 Å². The molecule has 2 heterocycles. The van der Waals surface area contributed by atoms with Gasteiger partial charge in [0.2, 0.25) is 0 Å². The zero-order valence-corrected chi connectivity index (χ0v) is 16.6. The SMILES string of the molecule is COC(=O)c1ccc(C(=O)Nc2cc(-c3ccccc3)n3nc(C(F)(F)F)cc3n2)cc1. The lowest BCUT2D eigenvalue weighted by Crippen LogP contribution is -2.14. The number of hydrogen-bond donors (Lipinski definition) is 1. The molecule has 2 aromatic heterocycles. The van der Waals surface area contributed by atoms with E-state index in [9.17, 15) is 22.8 Å². The molecule has 0 spiro atoms. The van der Waals surface area contributed by atoms with Crippen molar-refractivity contribution in [1.29, 1.82) is 0 Å². The summed E-state index contributed by atoms with van der Waals surface area (Å²) in [6.45, 7) is 0. The predicted octanol–water partition coefficient (Wildman–Crippen LogP) is 4.45. The van der Waals surface area contributed by atoms with Gasteiger partial charge in [-0.1, -0.05) is 30.3 Å². The number of anilines is 1. The van der Waals surface area contributed by atoms with Crippen LogP contribution in [0.15, 0.2) is 66.7 Å². The molecule has 0 fully saturated rings. The summed E-state index contributed by atoms with van der Waals surface area (Å²) in [5, 5.41) is 6.23. The number of fused-ring (bicyclic) bond motifs is 1. The molecule has 4 rings (SSSR count). The van der Waals surface area contributed by atoms with E-state index in [-0.39, 0.29) is 22.6 Å². The van der Waals surface area contributed by atoms with E-state index in [1.807, 2.05) is 0 Å². The van der Waals surface area contributed by atoms with Gasteiger partial charge < -0.3 is 10.1 Å². The molecule has 10 heteroatoms. The number of aromatic nitrogens is 3. The Morgan fingerprint density at radius 1 is 0.969 bits per heavy atom. The van der Waals surface area contributed by atoms with Crippen molar-refractivity contribution < 1.29 is 27.5 Å². The van der Waals surface area contributed by atoms with E-state index >= 15 is 0 Å². The first kappa shape index (κ1) is 21.0. The highest BCUT2D eigenvalue weighted by atomic mass is 19.4. The number of nitrogens with one attached hydrogen (secondary N) is 1. The normalized spacial score (nSPS) is 11.4. The molecule has 162 valence electrons. The number of rotatable bonds is 4. The standard InChI is InChI=1S/C22H15F3N4O3/c1-32-21(31)15-9-7-14(8-10-15)20(30)27-18-11-16(13-5-3-2-4-6-13)29-19(26-18)12-17(28-29)22(23,24)25/h2-12H,1H3,(H,26,27,30).